The highest BCUT2D eigenvalue weighted by Gasteiger charge is 2.08. The Hall–Kier alpha value is -0.800. The summed E-state index contributed by atoms with van der Waals surface area (Å²) in [6, 6.07) is 3.00. The molecule has 1 heterocycles. The van der Waals surface area contributed by atoms with Gasteiger partial charge in [-0.2, -0.15) is 0 Å². The first-order valence-corrected chi connectivity index (χ1v) is 6.14. The maximum Gasteiger partial charge on any atom is 0.0950 e. The maximum atomic E-state index is 5.07. The summed E-state index contributed by atoms with van der Waals surface area (Å²) in [6.45, 7) is 12.1. The van der Waals surface area contributed by atoms with Gasteiger partial charge in [-0.05, 0) is 33.4 Å². The molecule has 0 fully saturated rings. The van der Waals surface area contributed by atoms with Gasteiger partial charge in [0.1, 0.15) is 0 Å². The van der Waals surface area contributed by atoms with Gasteiger partial charge in [0.25, 0.3) is 0 Å². The molecule has 0 aliphatic heterocycles. The number of hydrogen-bond acceptors (Lipinski definition) is 3. The van der Waals surface area contributed by atoms with Crippen molar-refractivity contribution in [2.24, 2.45) is 0 Å². The number of nitrogens with one attached hydrogen (secondary N) is 1. The molecule has 1 N–H and O–H groups in total. The highest BCUT2D eigenvalue weighted by molar-refractivity contribution is 5.10. The highest BCUT2D eigenvalue weighted by atomic mass is 16.3. The lowest BCUT2D eigenvalue weighted by atomic mass is 10.2. The van der Waals surface area contributed by atoms with Crippen LogP contribution >= 0.6 is 0 Å². The third-order valence-electron chi connectivity index (χ3n) is 3.03. The van der Waals surface area contributed by atoms with Crippen molar-refractivity contribution in [1.29, 1.82) is 0 Å². The maximum absolute atomic E-state index is 5.07. The lowest BCUT2D eigenvalue weighted by molar-refractivity contribution is 0.231. The van der Waals surface area contributed by atoms with Crippen LogP contribution in [0.2, 0.25) is 0 Å². The molecule has 0 bridgehead atoms. The molecule has 1 atom stereocenters. The molecule has 3 heteroatoms. The van der Waals surface area contributed by atoms with E-state index in [1.54, 1.807) is 12.5 Å². The van der Waals surface area contributed by atoms with E-state index in [4.69, 9.17) is 4.42 Å². The van der Waals surface area contributed by atoms with Crippen molar-refractivity contribution in [2.45, 2.75) is 39.8 Å². The van der Waals surface area contributed by atoms with Crippen LogP contribution < -0.4 is 5.32 Å². The molecular formula is C13H24N2O. The zero-order valence-electron chi connectivity index (χ0n) is 10.9. The van der Waals surface area contributed by atoms with Gasteiger partial charge in [-0.15, -0.1) is 0 Å². The van der Waals surface area contributed by atoms with Crippen LogP contribution in [-0.4, -0.2) is 30.6 Å². The molecule has 1 rings (SSSR count). The van der Waals surface area contributed by atoms with Gasteiger partial charge in [0.2, 0.25) is 0 Å². The Kier molecular flexibility index (Phi) is 5.56. The second kappa shape index (κ2) is 6.71. The van der Waals surface area contributed by atoms with Gasteiger partial charge in [-0.25, -0.2) is 0 Å². The second-order valence-electron chi connectivity index (χ2n) is 4.45. The van der Waals surface area contributed by atoms with Crippen molar-refractivity contribution in [3.05, 3.63) is 24.2 Å². The van der Waals surface area contributed by atoms with E-state index >= 15 is 0 Å². The van der Waals surface area contributed by atoms with Crippen LogP contribution in [-0.2, 0) is 0 Å². The first-order chi connectivity index (χ1) is 7.65. The molecule has 16 heavy (non-hydrogen) atoms. The molecule has 0 amide bonds. The molecule has 0 spiro atoms. The summed E-state index contributed by atoms with van der Waals surface area (Å²) in [4.78, 5) is 2.45. The quantitative estimate of drug-likeness (QED) is 0.772. The van der Waals surface area contributed by atoms with E-state index in [1.807, 2.05) is 6.07 Å². The zero-order chi connectivity index (χ0) is 12.0. The number of likely N-dealkylation sites (N-methyl/N-ethyl adjacent to an activating group) is 1. The molecule has 0 aliphatic carbocycles. The van der Waals surface area contributed by atoms with Crippen molar-refractivity contribution in [3.8, 4) is 0 Å². The lowest BCUT2D eigenvalue weighted by Crippen LogP contribution is -2.37. The van der Waals surface area contributed by atoms with E-state index in [0.29, 0.717) is 12.1 Å². The van der Waals surface area contributed by atoms with Gasteiger partial charge in [-0.1, -0.05) is 6.92 Å². The summed E-state index contributed by atoms with van der Waals surface area (Å²) in [6.07, 6.45) is 3.53. The normalized spacial score (nSPS) is 13.6. The Balaban J connectivity index is 2.25. The summed E-state index contributed by atoms with van der Waals surface area (Å²) in [5.41, 5.74) is 1.22. The molecule has 0 radical (unpaired) electrons. The van der Waals surface area contributed by atoms with E-state index < -0.39 is 0 Å². The SMILES string of the molecule is CCN(CCNC(C)c1ccoc1)C(C)C. The fourth-order valence-corrected chi connectivity index (χ4v) is 1.85. The van der Waals surface area contributed by atoms with Crippen LogP contribution in [0.4, 0.5) is 0 Å². The Bertz CT molecular complexity index is 269. The topological polar surface area (TPSA) is 28.4 Å². The average Bonchev–Trinajstić information content (AvgIpc) is 2.76. The fourth-order valence-electron chi connectivity index (χ4n) is 1.85. The lowest BCUT2D eigenvalue weighted by Gasteiger charge is -2.25. The van der Waals surface area contributed by atoms with Crippen molar-refractivity contribution in [2.75, 3.05) is 19.6 Å². The highest BCUT2D eigenvalue weighted by Crippen LogP contribution is 2.11. The van der Waals surface area contributed by atoms with E-state index in [9.17, 15) is 0 Å². The fraction of sp³-hybridized carbons (Fsp3) is 0.692. The van der Waals surface area contributed by atoms with Crippen molar-refractivity contribution in [3.63, 3.8) is 0 Å². The van der Waals surface area contributed by atoms with Crippen LogP contribution in [0.15, 0.2) is 23.0 Å². The van der Waals surface area contributed by atoms with Gasteiger partial charge in [-0.3, -0.25) is 4.90 Å². The number of nitrogens with zero attached hydrogens (tertiary/aromatic N) is 1. The summed E-state index contributed by atoms with van der Waals surface area (Å²) in [5.74, 6) is 0. The molecule has 0 aromatic carbocycles. The number of rotatable bonds is 7. The van der Waals surface area contributed by atoms with Gasteiger partial charge in [0.05, 0.1) is 12.5 Å². The number of hydrogen-bond donors (Lipinski definition) is 1. The molecule has 1 unspecified atom stereocenters. The smallest absolute Gasteiger partial charge is 0.0950 e. The van der Waals surface area contributed by atoms with Crippen LogP contribution in [0.25, 0.3) is 0 Å². The summed E-state index contributed by atoms with van der Waals surface area (Å²) >= 11 is 0. The van der Waals surface area contributed by atoms with Crippen molar-refractivity contribution in [1.82, 2.24) is 10.2 Å². The minimum absolute atomic E-state index is 0.365. The molecule has 0 saturated heterocycles. The van der Waals surface area contributed by atoms with E-state index in [-0.39, 0.29) is 0 Å². The van der Waals surface area contributed by atoms with Crippen molar-refractivity contribution < 1.29 is 4.42 Å². The zero-order valence-corrected chi connectivity index (χ0v) is 10.9. The van der Waals surface area contributed by atoms with Gasteiger partial charge in [0.15, 0.2) is 0 Å². The first-order valence-electron chi connectivity index (χ1n) is 6.14. The standard InChI is InChI=1S/C13H24N2O/c1-5-15(11(2)3)8-7-14-12(4)13-6-9-16-10-13/h6,9-12,14H,5,7-8H2,1-4H3. The van der Waals surface area contributed by atoms with Gasteiger partial charge >= 0.3 is 0 Å². The van der Waals surface area contributed by atoms with Crippen LogP contribution in [0.5, 0.6) is 0 Å². The number of furan rings is 1. The third kappa shape index (κ3) is 3.99. The first kappa shape index (κ1) is 13.3. The van der Waals surface area contributed by atoms with Crippen LogP contribution in [0.1, 0.15) is 39.3 Å². The van der Waals surface area contributed by atoms with Crippen LogP contribution in [0, 0.1) is 0 Å². The third-order valence-corrected chi connectivity index (χ3v) is 3.03. The summed E-state index contributed by atoms with van der Waals surface area (Å²) < 4.78 is 5.07. The van der Waals surface area contributed by atoms with E-state index in [0.717, 1.165) is 19.6 Å². The second-order valence-corrected chi connectivity index (χ2v) is 4.45. The Morgan fingerprint density at radius 1 is 1.38 bits per heavy atom. The largest absolute Gasteiger partial charge is 0.472 e. The summed E-state index contributed by atoms with van der Waals surface area (Å²) in [5, 5.41) is 3.50. The Morgan fingerprint density at radius 3 is 2.62 bits per heavy atom. The van der Waals surface area contributed by atoms with E-state index in [1.165, 1.54) is 5.56 Å². The predicted octanol–water partition coefficient (Wildman–Crippen LogP) is 2.66. The minimum Gasteiger partial charge on any atom is -0.472 e. The molecule has 0 aliphatic rings. The van der Waals surface area contributed by atoms with Gasteiger partial charge in [0, 0.05) is 30.7 Å². The molecule has 92 valence electrons. The molecule has 0 saturated carbocycles. The Morgan fingerprint density at radius 2 is 2.12 bits per heavy atom. The molecule has 1 aromatic heterocycles. The molecular weight excluding hydrogens is 200 g/mol. The molecule has 3 nitrogen and oxygen atoms in total. The summed E-state index contributed by atoms with van der Waals surface area (Å²) in [7, 11) is 0. The monoisotopic (exact) mass is 224 g/mol. The molecule has 1 aromatic rings. The van der Waals surface area contributed by atoms with Crippen molar-refractivity contribution >= 4 is 0 Å². The van der Waals surface area contributed by atoms with Gasteiger partial charge < -0.3 is 9.73 Å². The minimum atomic E-state index is 0.365. The van der Waals surface area contributed by atoms with Crippen LogP contribution in [0.3, 0.4) is 0 Å². The van der Waals surface area contributed by atoms with E-state index in [2.05, 4.69) is 37.9 Å². The average molecular weight is 224 g/mol. The predicted molar refractivity (Wildman–Crippen MR) is 67.5 cm³/mol. The Labute approximate surface area is 98.8 Å².